The second-order valence-corrected chi connectivity index (χ2v) is 18.0. The molecule has 51 heteroatoms. The fraction of sp³-hybridized carbons (Fsp3) is 0. The van der Waals surface area contributed by atoms with Crippen molar-refractivity contribution in [1.29, 1.82) is 0 Å². The summed E-state index contributed by atoms with van der Waals surface area (Å²) in [5.41, 5.74) is 0. The van der Waals surface area contributed by atoms with E-state index in [0.29, 0.717) is 0 Å². The Morgan fingerprint density at radius 1 is 0.0980 bits per heavy atom. The van der Waals surface area contributed by atoms with Gasteiger partial charge in [-0.05, 0) is 0 Å². The van der Waals surface area contributed by atoms with Gasteiger partial charge >= 0.3 is 90.5 Å². The van der Waals surface area contributed by atoms with E-state index in [1.807, 2.05) is 0 Å². The van der Waals surface area contributed by atoms with Crippen LogP contribution in [0.1, 0.15) is 0 Å². The van der Waals surface area contributed by atoms with Gasteiger partial charge in [0.15, 0.2) is 0 Å². The van der Waals surface area contributed by atoms with E-state index in [4.69, 9.17) is 192 Å². The molecule has 51 heavy (non-hydrogen) atoms. The molecule has 0 amide bonds. The van der Waals surface area contributed by atoms with Crippen molar-refractivity contribution in [2.45, 2.75) is 0 Å². The van der Waals surface area contributed by atoms with Crippen LogP contribution in [0.3, 0.4) is 0 Å². The number of hydrogen-bond donors (Lipinski definition) is 40. The normalized spacial score (nSPS) is 11.8. The maximum atomic E-state index is 7.33. The third-order valence-electron chi connectivity index (χ3n) is 0. The van der Waals surface area contributed by atoms with Gasteiger partial charge in [0.2, 0.25) is 0 Å². The first-order valence-electron chi connectivity index (χ1n) is 8.94. The van der Waals surface area contributed by atoms with E-state index in [1.165, 1.54) is 0 Å². The van der Waals surface area contributed by atoms with Gasteiger partial charge in [0.25, 0.3) is 0 Å². The zero-order chi connectivity index (χ0) is 45.0. The number of rotatable bonds is 0. The Morgan fingerprint density at radius 3 is 0.0980 bits per heavy atom. The fourth-order valence-corrected chi connectivity index (χ4v) is 0. The van der Waals surface area contributed by atoms with Crippen LogP contribution < -0.4 is 0 Å². The molecule has 0 unspecified atom stereocenters. The Labute approximate surface area is 307 Å². The minimum Gasteiger partial charge on any atom is -0.368 e. The van der Waals surface area contributed by atoms with Crippen molar-refractivity contribution in [2.75, 3.05) is 0 Å². The molecule has 0 aromatic carbocycles. The van der Waals surface area contributed by atoms with Gasteiger partial charge in [-0.25, -0.2) is 0 Å². The van der Waals surface area contributed by atoms with Gasteiger partial charge in [-0.15, -0.1) is 0 Å². The summed E-state index contributed by atoms with van der Waals surface area (Å²) in [6.07, 6.45) is 0. The van der Waals surface area contributed by atoms with Gasteiger partial charge in [0, 0.05) is 26.2 Å². The maximum Gasteiger partial charge on any atom is 0.668 e. The summed E-state index contributed by atoms with van der Waals surface area (Å²) < 4.78 is 0. The van der Waals surface area contributed by atoms with Crippen LogP contribution in [-0.4, -0.2) is 282 Å². The van der Waals surface area contributed by atoms with Crippen LogP contribution in [-0.2, 0) is 26.2 Å². The molecule has 0 aliphatic carbocycles. The largest absolute Gasteiger partial charge is 0.668 e. The topological polar surface area (TPSA) is 809 Å². The van der Waals surface area contributed by atoms with E-state index in [2.05, 4.69) is 0 Å². The molecule has 0 aromatic rings. The quantitative estimate of drug-likeness (QED) is 0.100. The van der Waals surface area contributed by atoms with Crippen LogP contribution in [0.25, 0.3) is 0 Å². The standard InChI is InChI=1S/10H4O4Si.Zr/c10*1-5(2,3)4;/h10*1-4H;. The molecule has 0 heterocycles. The van der Waals surface area contributed by atoms with Crippen molar-refractivity contribution < 1.29 is 218 Å². The summed E-state index contributed by atoms with van der Waals surface area (Å²) in [4.78, 5) is 293. The Morgan fingerprint density at radius 2 is 0.0980 bits per heavy atom. The third kappa shape index (κ3) is 59700. The predicted molar refractivity (Wildman–Crippen MR) is 146 cm³/mol. The minimum atomic E-state index is -4.61. The molecule has 324 valence electrons. The predicted octanol–water partition coefficient (Wildman–Crippen LogP) is -26.1. The molecule has 0 saturated heterocycles. The van der Waals surface area contributed by atoms with E-state index in [9.17, 15) is 0 Å². The molecule has 40 N–H and O–H groups in total. The van der Waals surface area contributed by atoms with E-state index >= 15 is 0 Å². The van der Waals surface area contributed by atoms with Crippen molar-refractivity contribution in [3.05, 3.63) is 0 Å². The summed E-state index contributed by atoms with van der Waals surface area (Å²) in [6.45, 7) is 0. The Balaban J connectivity index is -0.0000000386. The summed E-state index contributed by atoms with van der Waals surface area (Å²) >= 11 is 0. The van der Waals surface area contributed by atoms with E-state index in [1.54, 1.807) is 0 Å². The third-order valence-corrected chi connectivity index (χ3v) is 0. The molecule has 0 atom stereocenters. The molecular weight excluding hydrogens is 1010 g/mol. The first-order chi connectivity index (χ1) is 20.0. The van der Waals surface area contributed by atoms with E-state index < -0.39 is 90.5 Å². The molecule has 0 saturated carbocycles. The zero-order valence-electron chi connectivity index (χ0n) is 23.4. The summed E-state index contributed by atoms with van der Waals surface area (Å²) in [7, 11) is -46.1. The molecule has 0 bridgehead atoms. The molecule has 0 aromatic heterocycles. The minimum absolute atomic E-state index is 0. The second-order valence-electron chi connectivity index (χ2n) is 6.00. The molecule has 0 aliphatic rings. The Hall–Kier alpha value is 1.45. The molecule has 40 nitrogen and oxygen atoms in total. The maximum absolute atomic E-state index is 7.33. The first kappa shape index (κ1) is 80.8. The average molecular weight is 1050 g/mol. The van der Waals surface area contributed by atoms with E-state index in [0.717, 1.165) is 0 Å². The summed E-state index contributed by atoms with van der Waals surface area (Å²) in [5.74, 6) is 0. The van der Waals surface area contributed by atoms with Gasteiger partial charge in [0.1, 0.15) is 0 Å². The van der Waals surface area contributed by atoms with Crippen molar-refractivity contribution in [3.8, 4) is 0 Å². The molecule has 0 rings (SSSR count). The molecule has 0 aliphatic heterocycles. The van der Waals surface area contributed by atoms with Crippen LogP contribution in [0.2, 0.25) is 0 Å². The monoisotopic (exact) mass is 1050 g/mol. The molecule has 0 fully saturated rings. The average Bonchev–Trinajstić information content (AvgIpc) is 2.34. The Bertz CT molecular complexity index is 398. The van der Waals surface area contributed by atoms with Crippen molar-refractivity contribution >= 4 is 90.5 Å². The zero-order valence-corrected chi connectivity index (χ0v) is 35.8. The van der Waals surface area contributed by atoms with Gasteiger partial charge in [-0.2, -0.15) is 0 Å². The van der Waals surface area contributed by atoms with Crippen LogP contribution in [0, 0.1) is 0 Å². The summed E-state index contributed by atoms with van der Waals surface area (Å²) in [5, 5.41) is 0. The fourth-order valence-electron chi connectivity index (χ4n) is 0. The van der Waals surface area contributed by atoms with Crippen LogP contribution in [0.15, 0.2) is 0 Å². The Kier molecular flexibility index (Phi) is 55.0. The van der Waals surface area contributed by atoms with Crippen molar-refractivity contribution in [2.24, 2.45) is 0 Å². The van der Waals surface area contributed by atoms with Gasteiger partial charge in [-0.1, -0.05) is 0 Å². The van der Waals surface area contributed by atoms with E-state index in [-0.39, 0.29) is 26.2 Å². The van der Waals surface area contributed by atoms with Gasteiger partial charge < -0.3 is 192 Å². The smallest absolute Gasteiger partial charge is 0.368 e. The van der Waals surface area contributed by atoms with Crippen molar-refractivity contribution in [1.82, 2.24) is 0 Å². The molecule has 0 radical (unpaired) electrons. The van der Waals surface area contributed by atoms with Gasteiger partial charge in [-0.3, -0.25) is 0 Å². The molecule has 0 spiro atoms. The van der Waals surface area contributed by atoms with Crippen LogP contribution in [0.5, 0.6) is 0 Å². The number of hydrogen-bond acceptors (Lipinski definition) is 40. The van der Waals surface area contributed by atoms with Gasteiger partial charge in [0.05, 0.1) is 0 Å². The molecular formula is H40O40Si10Zr. The second kappa shape index (κ2) is 34.7. The summed E-state index contributed by atoms with van der Waals surface area (Å²) in [6, 6.07) is 0. The van der Waals surface area contributed by atoms with Crippen molar-refractivity contribution in [3.63, 3.8) is 0 Å². The first-order valence-corrected chi connectivity index (χ1v) is 26.8. The SMILES string of the molecule is O[Si](O)(O)O.O[Si](O)(O)O.O[Si](O)(O)O.O[Si](O)(O)O.O[Si](O)(O)O.O[Si](O)(O)O.O[Si](O)(O)O.O[Si](O)(O)O.O[Si](O)(O)O.O[Si](O)(O)O.[Zr]. The van der Waals surface area contributed by atoms with Crippen LogP contribution >= 0.6 is 0 Å². The van der Waals surface area contributed by atoms with Crippen LogP contribution in [0.4, 0.5) is 0 Å².